The number of anilines is 2. The van der Waals surface area contributed by atoms with Crippen LogP contribution in [0.4, 0.5) is 11.4 Å². The molecule has 0 bridgehead atoms. The van der Waals surface area contributed by atoms with E-state index in [4.69, 9.17) is 0 Å². The van der Waals surface area contributed by atoms with Crippen molar-refractivity contribution in [1.82, 2.24) is 4.90 Å². The highest BCUT2D eigenvalue weighted by atomic mass is 16.2. The van der Waals surface area contributed by atoms with Crippen molar-refractivity contribution in [2.45, 2.75) is 33.1 Å². The van der Waals surface area contributed by atoms with Gasteiger partial charge in [0.25, 0.3) is 5.91 Å². The molecule has 148 valence electrons. The molecule has 0 spiro atoms. The first kappa shape index (κ1) is 19.9. The molecule has 5 heteroatoms. The molecule has 0 saturated carbocycles. The van der Waals surface area contributed by atoms with E-state index >= 15 is 0 Å². The molecule has 0 atom stereocenters. The Morgan fingerprint density at radius 1 is 0.893 bits per heavy atom. The van der Waals surface area contributed by atoms with Gasteiger partial charge in [-0.3, -0.25) is 9.59 Å². The second-order valence-electron chi connectivity index (χ2n) is 7.17. The molecule has 2 amide bonds. The van der Waals surface area contributed by atoms with Crippen molar-refractivity contribution in [1.29, 1.82) is 0 Å². The summed E-state index contributed by atoms with van der Waals surface area (Å²) in [5.41, 5.74) is 3.95. The maximum atomic E-state index is 12.7. The van der Waals surface area contributed by atoms with E-state index in [0.717, 1.165) is 42.9 Å². The van der Waals surface area contributed by atoms with Gasteiger partial charge >= 0.3 is 0 Å². The average molecular weight is 380 g/mol. The zero-order valence-corrected chi connectivity index (χ0v) is 16.8. The van der Waals surface area contributed by atoms with E-state index in [1.165, 1.54) is 5.56 Å². The lowest BCUT2D eigenvalue weighted by Crippen LogP contribution is -2.48. The largest absolute Gasteiger partial charge is 0.368 e. The van der Waals surface area contributed by atoms with Crippen LogP contribution in [0.3, 0.4) is 0 Å². The molecule has 0 radical (unpaired) electrons. The minimum Gasteiger partial charge on any atom is -0.368 e. The predicted molar refractivity (Wildman–Crippen MR) is 114 cm³/mol. The molecule has 0 unspecified atom stereocenters. The molecule has 1 aliphatic rings. The Balaban J connectivity index is 1.54. The zero-order chi connectivity index (χ0) is 19.9. The molecule has 3 rings (SSSR count). The number of amides is 2. The number of aryl methyl sites for hydroxylation is 1. The Bertz CT molecular complexity index is 792. The van der Waals surface area contributed by atoms with E-state index in [9.17, 15) is 9.59 Å². The quantitative estimate of drug-likeness (QED) is 0.827. The van der Waals surface area contributed by atoms with Gasteiger partial charge in [-0.05, 0) is 54.8 Å². The molecule has 5 nitrogen and oxygen atoms in total. The highest BCUT2D eigenvalue weighted by molar-refractivity contribution is 5.94. The second kappa shape index (κ2) is 9.40. The summed E-state index contributed by atoms with van der Waals surface area (Å²) in [5.74, 6) is 0.158. The van der Waals surface area contributed by atoms with Crippen molar-refractivity contribution in [3.8, 4) is 0 Å². The van der Waals surface area contributed by atoms with Gasteiger partial charge in [-0.1, -0.05) is 26.0 Å². The third-order valence-electron chi connectivity index (χ3n) is 5.17. The fourth-order valence-electron chi connectivity index (χ4n) is 3.44. The molecule has 1 fully saturated rings. The van der Waals surface area contributed by atoms with Crippen LogP contribution < -0.4 is 10.2 Å². The van der Waals surface area contributed by atoms with E-state index in [0.29, 0.717) is 19.5 Å². The van der Waals surface area contributed by atoms with Gasteiger partial charge in [0.2, 0.25) is 5.91 Å². The fraction of sp³-hybridized carbons (Fsp3) is 0.391. The summed E-state index contributed by atoms with van der Waals surface area (Å²) in [6.07, 6.45) is 2.36. The van der Waals surface area contributed by atoms with Crippen LogP contribution in [0, 0.1) is 0 Å². The van der Waals surface area contributed by atoms with Crippen molar-refractivity contribution in [2.75, 3.05) is 36.4 Å². The minimum atomic E-state index is 0.0503. The number of carbonyl (C=O) groups is 2. The van der Waals surface area contributed by atoms with E-state index in [-0.39, 0.29) is 11.8 Å². The van der Waals surface area contributed by atoms with Gasteiger partial charge in [-0.25, -0.2) is 0 Å². The molecular weight excluding hydrogens is 350 g/mol. The molecule has 1 N–H and O–H groups in total. The molecule has 1 heterocycles. The summed E-state index contributed by atoms with van der Waals surface area (Å²) in [6, 6.07) is 15.9. The van der Waals surface area contributed by atoms with Crippen LogP contribution in [0.25, 0.3) is 0 Å². The molecule has 2 aromatic rings. The maximum absolute atomic E-state index is 12.7. The van der Waals surface area contributed by atoms with Crippen molar-refractivity contribution < 1.29 is 9.59 Å². The lowest BCUT2D eigenvalue weighted by atomic mass is 10.1. The third kappa shape index (κ3) is 4.91. The average Bonchev–Trinajstić information content (AvgIpc) is 2.74. The molecule has 2 aromatic carbocycles. The van der Waals surface area contributed by atoms with E-state index in [2.05, 4.69) is 17.1 Å². The van der Waals surface area contributed by atoms with Crippen LogP contribution >= 0.6 is 0 Å². The van der Waals surface area contributed by atoms with E-state index in [1.54, 1.807) is 0 Å². The van der Waals surface area contributed by atoms with Crippen LogP contribution in [0.15, 0.2) is 48.5 Å². The van der Waals surface area contributed by atoms with Crippen molar-refractivity contribution in [3.05, 3.63) is 59.7 Å². The van der Waals surface area contributed by atoms with Crippen LogP contribution in [-0.2, 0) is 11.2 Å². The van der Waals surface area contributed by atoms with Crippen LogP contribution in [0.1, 0.15) is 42.6 Å². The molecule has 0 aromatic heterocycles. The maximum Gasteiger partial charge on any atom is 0.253 e. The number of piperazine rings is 1. The normalized spacial score (nSPS) is 14.1. The van der Waals surface area contributed by atoms with Gasteiger partial charge in [0.1, 0.15) is 0 Å². The van der Waals surface area contributed by atoms with E-state index < -0.39 is 0 Å². The number of nitrogens with zero attached hydrogens (tertiary/aromatic N) is 2. The van der Waals surface area contributed by atoms with Crippen LogP contribution in [-0.4, -0.2) is 42.9 Å². The number of rotatable bonds is 6. The van der Waals surface area contributed by atoms with Gasteiger partial charge in [-0.15, -0.1) is 0 Å². The Kier molecular flexibility index (Phi) is 6.69. The standard InChI is InChI=1S/C23H29N3O2/c1-3-5-22(27)24-20-10-12-21(13-11-20)25-14-16-26(17-15-25)23(28)19-8-6-18(4-2)7-9-19/h6-13H,3-5,14-17H2,1-2H3,(H,24,27). The van der Waals surface area contributed by atoms with Crippen LogP contribution in [0.2, 0.25) is 0 Å². The van der Waals surface area contributed by atoms with Crippen molar-refractivity contribution >= 4 is 23.2 Å². The number of hydrogen-bond acceptors (Lipinski definition) is 3. The molecular formula is C23H29N3O2. The Hall–Kier alpha value is -2.82. The zero-order valence-electron chi connectivity index (χ0n) is 16.8. The van der Waals surface area contributed by atoms with Gasteiger partial charge in [0.15, 0.2) is 0 Å². The minimum absolute atomic E-state index is 0.0503. The first-order chi connectivity index (χ1) is 13.6. The predicted octanol–water partition coefficient (Wildman–Crippen LogP) is 3.95. The van der Waals surface area contributed by atoms with Gasteiger partial charge < -0.3 is 15.1 Å². The molecule has 0 aliphatic carbocycles. The number of nitrogens with one attached hydrogen (secondary N) is 1. The van der Waals surface area contributed by atoms with Crippen LogP contribution in [0.5, 0.6) is 0 Å². The van der Waals surface area contributed by atoms with Crippen molar-refractivity contribution in [2.24, 2.45) is 0 Å². The lowest BCUT2D eigenvalue weighted by molar-refractivity contribution is -0.116. The monoisotopic (exact) mass is 379 g/mol. The summed E-state index contributed by atoms with van der Waals surface area (Å²) < 4.78 is 0. The topological polar surface area (TPSA) is 52.7 Å². The number of hydrogen-bond donors (Lipinski definition) is 1. The molecule has 1 saturated heterocycles. The highest BCUT2D eigenvalue weighted by Gasteiger charge is 2.22. The Morgan fingerprint density at radius 3 is 2.11 bits per heavy atom. The summed E-state index contributed by atoms with van der Waals surface area (Å²) in [5, 5.41) is 2.91. The van der Waals surface area contributed by atoms with Gasteiger partial charge in [0.05, 0.1) is 0 Å². The summed E-state index contributed by atoms with van der Waals surface area (Å²) in [4.78, 5) is 28.6. The SMILES string of the molecule is CCCC(=O)Nc1ccc(N2CCN(C(=O)c3ccc(CC)cc3)CC2)cc1. The van der Waals surface area contributed by atoms with Gasteiger partial charge in [0, 0.05) is 49.5 Å². The van der Waals surface area contributed by atoms with Crippen molar-refractivity contribution in [3.63, 3.8) is 0 Å². The Labute approximate surface area is 167 Å². The van der Waals surface area contributed by atoms with E-state index in [1.807, 2.05) is 60.4 Å². The summed E-state index contributed by atoms with van der Waals surface area (Å²) >= 11 is 0. The first-order valence-electron chi connectivity index (χ1n) is 10.1. The number of benzene rings is 2. The second-order valence-corrected chi connectivity index (χ2v) is 7.17. The smallest absolute Gasteiger partial charge is 0.253 e. The first-order valence-corrected chi connectivity index (χ1v) is 10.1. The van der Waals surface area contributed by atoms with Gasteiger partial charge in [-0.2, -0.15) is 0 Å². The molecule has 28 heavy (non-hydrogen) atoms. The lowest BCUT2D eigenvalue weighted by Gasteiger charge is -2.36. The summed E-state index contributed by atoms with van der Waals surface area (Å²) in [7, 11) is 0. The third-order valence-corrected chi connectivity index (χ3v) is 5.17. The molecule has 1 aliphatic heterocycles. The summed E-state index contributed by atoms with van der Waals surface area (Å²) in [6.45, 7) is 7.14. The Morgan fingerprint density at radius 2 is 1.54 bits per heavy atom. The fourth-order valence-corrected chi connectivity index (χ4v) is 3.44. The number of carbonyl (C=O) groups excluding carboxylic acids is 2. The highest BCUT2D eigenvalue weighted by Crippen LogP contribution is 2.20.